The molecule has 4 heterocycles. The van der Waals surface area contributed by atoms with Gasteiger partial charge in [-0.05, 0) is 97.1 Å². The largest absolute Gasteiger partial charge is 0.505 e. The molecule has 1 saturated heterocycles. The van der Waals surface area contributed by atoms with Crippen LogP contribution in [0.25, 0.3) is 20.9 Å². The van der Waals surface area contributed by atoms with Crippen LogP contribution in [0.1, 0.15) is 35.1 Å². The Morgan fingerprint density at radius 3 is 1.38 bits per heavy atom. The van der Waals surface area contributed by atoms with Crippen molar-refractivity contribution < 1.29 is 32.3 Å². The van der Waals surface area contributed by atoms with Crippen LogP contribution in [0.5, 0.6) is 0 Å². The molecule has 0 spiro atoms. The van der Waals surface area contributed by atoms with Gasteiger partial charge in [-0.1, -0.05) is 173 Å². The third-order valence-corrected chi connectivity index (χ3v) is 11.8. The zero-order chi connectivity index (χ0) is 49.8. The van der Waals surface area contributed by atoms with E-state index in [1.54, 1.807) is 48.5 Å². The van der Waals surface area contributed by atoms with Gasteiger partial charge in [-0.15, -0.1) is 34.0 Å². The molecule has 0 unspecified atom stereocenters. The first-order valence-electron chi connectivity index (χ1n) is 17.8. The lowest BCUT2D eigenvalue weighted by atomic mass is 9.88. The van der Waals surface area contributed by atoms with Gasteiger partial charge in [-0.2, -0.15) is 13.2 Å². The van der Waals surface area contributed by atoms with Crippen molar-refractivity contribution in [2.45, 2.75) is 46.3 Å². The van der Waals surface area contributed by atoms with Crippen molar-refractivity contribution in [1.29, 1.82) is 0 Å². The number of alkyl halides is 6. The summed E-state index contributed by atoms with van der Waals surface area (Å²) in [6.07, 6.45) is 0. The van der Waals surface area contributed by atoms with E-state index in [1.807, 2.05) is 38.7 Å². The number of hydrogen-bond donors (Lipinski definition) is 4. The highest BCUT2D eigenvalue weighted by Crippen LogP contribution is 2.38. The Morgan fingerprint density at radius 1 is 0.652 bits per heavy atom. The molecule has 1 aliphatic heterocycles. The zero-order valence-electron chi connectivity index (χ0n) is 34.7. The number of rotatable bonds is 5. The van der Waals surface area contributed by atoms with Crippen LogP contribution >= 0.6 is 185 Å². The molecule has 6 aromatic rings. The first-order chi connectivity index (χ1) is 30.4. The first-order valence-corrected chi connectivity index (χ1v) is 30.0. The van der Waals surface area contributed by atoms with Gasteiger partial charge < -0.3 is 32.2 Å². The Bertz CT molecular complexity index is 2420. The molecule has 3 aromatic carbocycles. The molecule has 3 aromatic heterocycles. The second-order valence-electron chi connectivity index (χ2n) is 13.0. The summed E-state index contributed by atoms with van der Waals surface area (Å²) in [5.41, 5.74) is 24.1. The fraction of sp³-hybridized carbons (Fsp3) is 0.250. The van der Waals surface area contributed by atoms with E-state index in [-0.39, 0.29) is 56.8 Å². The number of para-hydroxylation sites is 3. The number of halogens is 10. The summed E-state index contributed by atoms with van der Waals surface area (Å²) in [7, 11) is -0.440. The lowest BCUT2D eigenvalue weighted by molar-refractivity contribution is -0.384. The quantitative estimate of drug-likeness (QED) is 0.0320. The van der Waals surface area contributed by atoms with Crippen molar-refractivity contribution in [2.75, 3.05) is 30.3 Å². The molecule has 0 aliphatic carbocycles. The molecule has 1 fully saturated rings. The van der Waals surface area contributed by atoms with Crippen LogP contribution in [0.4, 0.5) is 47.3 Å². The van der Waals surface area contributed by atoms with E-state index in [4.69, 9.17) is 32.2 Å². The standard InChI is InChI=1S/C10H14BFO2S.C10H7FN2O2S.C10H9FN2S.C6H5BrN2O2.CHI3.CH2I2.CH3I.CH4/c1-9(2)10(3,4)14-11(13-9)7-5-6-8(12)15-7;11-9-5-4-8(16-9)6-2-1-3-7(10(6)12)13(14)15;11-9-5-4-8(14-9)6-2-1-3-7(12)10(6)13;7-4-2-1-3-5(6(4)8)9(10)11;2-1(3)4;2-1-3;1-2;/h5-6H,1-4H3;1-5H,12H2;1-5H,12-13H2;1-3H,8H2;1H;1H2;1H3;1H4. The SMILES string of the molecule is C.CC1(C)OB(c2ccc(F)s2)OC1(C)C.CI.IC(I)I.ICI.Nc1c(-c2ccc(F)s2)cccc1[N+](=O)[O-].Nc1c(Br)cccc1[N+](=O)[O-].Nc1cccc(-c2ccc(F)s2)c1N. The third-order valence-electron chi connectivity index (χ3n) is 8.40. The van der Waals surface area contributed by atoms with Gasteiger partial charge in [0, 0.05) is 42.3 Å². The fourth-order valence-corrected chi connectivity index (χ4v) is 7.33. The predicted molar refractivity (Wildman–Crippen MR) is 330 cm³/mol. The molecule has 0 radical (unpaired) electrons. The van der Waals surface area contributed by atoms with E-state index in [1.165, 1.54) is 38.8 Å². The van der Waals surface area contributed by atoms with E-state index in [0.29, 0.717) is 26.3 Å². The van der Waals surface area contributed by atoms with Crippen LogP contribution < -0.4 is 27.7 Å². The van der Waals surface area contributed by atoms with Gasteiger partial charge in [0.25, 0.3) is 11.4 Å². The number of nitrogen functional groups attached to an aromatic ring is 4. The molecule has 0 saturated carbocycles. The van der Waals surface area contributed by atoms with Gasteiger partial charge >= 0.3 is 7.12 Å². The van der Waals surface area contributed by atoms with Gasteiger partial charge in [0.15, 0.2) is 15.4 Å². The Hall–Kier alpha value is -0.605. The fourth-order valence-electron chi connectivity index (χ4n) is 4.74. The van der Waals surface area contributed by atoms with Crippen LogP contribution in [-0.2, 0) is 9.31 Å². The molecule has 12 nitrogen and oxygen atoms in total. The van der Waals surface area contributed by atoms with Gasteiger partial charge in [0.1, 0.15) is 11.3 Å². The van der Waals surface area contributed by atoms with Crippen LogP contribution in [0.3, 0.4) is 0 Å². The van der Waals surface area contributed by atoms with Crippen LogP contribution in [0.15, 0.2) is 95.5 Å². The monoisotopic (exact) mass is 1710 g/mol. The van der Waals surface area contributed by atoms with Gasteiger partial charge in [-0.25, -0.2) is 0 Å². The number of benzene rings is 3. The molecule has 0 bridgehead atoms. The first kappa shape index (κ1) is 65.4. The van der Waals surface area contributed by atoms with Gasteiger partial charge in [0.05, 0.1) is 34.9 Å². The lowest BCUT2D eigenvalue weighted by Crippen LogP contribution is -2.41. The number of anilines is 4. The Morgan fingerprint density at radius 2 is 1.02 bits per heavy atom. The molecule has 8 N–H and O–H groups in total. The minimum Gasteiger partial charge on any atom is -0.399 e. The smallest absolute Gasteiger partial charge is 0.399 e. The zero-order valence-corrected chi connectivity index (χ0v) is 51.7. The molecule has 1 aliphatic rings. The number of nitrogens with two attached hydrogens (primary N) is 4. The highest BCUT2D eigenvalue weighted by atomic mass is 127. The Balaban J connectivity index is 0.000000805. The number of hydrogen-bond acceptors (Lipinski definition) is 13. The average molecular weight is 1710 g/mol. The molecule has 362 valence electrons. The minimum atomic E-state index is -0.553. The molecule has 0 atom stereocenters. The molecule has 0 amide bonds. The molecule has 7 rings (SSSR count). The van der Waals surface area contributed by atoms with Crippen molar-refractivity contribution in [3.05, 3.63) is 131 Å². The highest BCUT2D eigenvalue weighted by molar-refractivity contribution is 14.3. The van der Waals surface area contributed by atoms with E-state index >= 15 is 0 Å². The summed E-state index contributed by atoms with van der Waals surface area (Å²) in [6.45, 7) is 7.93. The maximum absolute atomic E-state index is 12.9. The van der Waals surface area contributed by atoms with Crippen LogP contribution in [0, 0.1) is 35.6 Å². The van der Waals surface area contributed by atoms with Crippen molar-refractivity contribution in [3.8, 4) is 20.9 Å². The number of nitro groups is 2. The van der Waals surface area contributed by atoms with Crippen molar-refractivity contribution in [3.63, 3.8) is 0 Å². The number of thiophene rings is 3. The van der Waals surface area contributed by atoms with E-state index in [2.05, 4.69) is 151 Å². The maximum atomic E-state index is 12.9. The summed E-state index contributed by atoms with van der Waals surface area (Å²) in [6, 6.07) is 23.5. The predicted octanol–water partition coefficient (Wildman–Crippen LogP) is 16.0. The highest BCUT2D eigenvalue weighted by Gasteiger charge is 2.52. The lowest BCUT2D eigenvalue weighted by Gasteiger charge is -2.32. The summed E-state index contributed by atoms with van der Waals surface area (Å²) >= 11 is 19.8. The Labute approximate surface area is 485 Å². The summed E-state index contributed by atoms with van der Waals surface area (Å²) < 4.78 is 53.3. The summed E-state index contributed by atoms with van der Waals surface area (Å²) in [5, 5.41) is 20.2. The second kappa shape index (κ2) is 32.4. The molecule has 66 heavy (non-hydrogen) atoms. The Kier molecular flexibility index (Phi) is 32.1. The van der Waals surface area contributed by atoms with E-state index in [9.17, 15) is 33.4 Å². The molecule has 26 heteroatoms. The number of nitrogens with zero attached hydrogens (tertiary/aromatic N) is 2. The van der Waals surface area contributed by atoms with E-state index in [0.717, 1.165) is 49.2 Å². The average Bonchev–Trinajstić information content (AvgIpc) is 4.02. The second-order valence-corrected chi connectivity index (χ2v) is 32.3. The maximum Gasteiger partial charge on any atom is 0.505 e. The van der Waals surface area contributed by atoms with Crippen molar-refractivity contribution in [2.24, 2.45) is 0 Å². The minimum absolute atomic E-state index is 0. The molecular weight excluding hydrogens is 1670 g/mol. The van der Waals surface area contributed by atoms with Crippen molar-refractivity contribution >= 4 is 232 Å². The third kappa shape index (κ3) is 21.4. The normalized spacial score (nSPS) is 12.5. The van der Waals surface area contributed by atoms with Crippen LogP contribution in [0.2, 0.25) is 0 Å². The van der Waals surface area contributed by atoms with E-state index < -0.39 is 17.0 Å². The summed E-state index contributed by atoms with van der Waals surface area (Å²) in [4.78, 5) is 23.2. The van der Waals surface area contributed by atoms with Gasteiger partial charge in [-0.3, -0.25) is 20.2 Å². The topological polar surface area (TPSA) is 209 Å². The van der Waals surface area contributed by atoms with Crippen molar-refractivity contribution in [1.82, 2.24) is 0 Å². The number of nitro benzene ring substituents is 2. The van der Waals surface area contributed by atoms with Crippen LogP contribution in [-0.4, -0.2) is 35.5 Å². The van der Waals surface area contributed by atoms with Gasteiger partial charge in [0.2, 0.25) is 0 Å². The molecular formula is C40H45BBrF3I6N6O6S3. The summed E-state index contributed by atoms with van der Waals surface area (Å²) in [5.74, 6) is 0.